The number of halogens is 5. The molecule has 2 N–H and O–H groups in total. The number of aromatic hydroxyl groups is 1. The van der Waals surface area contributed by atoms with Crippen molar-refractivity contribution in [2.45, 2.75) is 58.8 Å². The number of benzene rings is 1. The number of fused-ring (bicyclic) bond motifs is 1. The molecule has 246 valence electrons. The standard InChI is InChI=1S/C33H31Cl2F3N6O3/c1-7-21(45)43-16(5)12-42(13-17(43)6)30-18-10-20(34)28(22-23(35)24(36)25(37)26(38)31(22)46)41-32(18)44(33(47)19(30)11-39)29-15(4)8-9-40-27(29)14(2)3/h7-10,14,16-17,33,46-47H,1,12-13H2,2-6H3/t16-,17+,33?. The second-order valence-electron chi connectivity index (χ2n) is 11.9. The van der Waals surface area contributed by atoms with E-state index in [9.17, 15) is 33.4 Å². The van der Waals surface area contributed by atoms with Gasteiger partial charge in [0.2, 0.25) is 11.7 Å². The molecule has 2 aliphatic rings. The molecule has 0 spiro atoms. The Morgan fingerprint density at radius 2 is 1.81 bits per heavy atom. The summed E-state index contributed by atoms with van der Waals surface area (Å²) in [6.07, 6.45) is 1.19. The van der Waals surface area contributed by atoms with Gasteiger partial charge in [0, 0.05) is 36.9 Å². The zero-order valence-electron chi connectivity index (χ0n) is 26.1. The zero-order chi connectivity index (χ0) is 34.6. The van der Waals surface area contributed by atoms with Crippen molar-refractivity contribution in [2.75, 3.05) is 18.0 Å². The molecule has 2 aromatic heterocycles. The SMILES string of the molecule is C=CC(=O)N1[C@H](C)CN(C2=C(C#N)C(O)N(c3c(C)ccnc3C(C)C)c3nc(-c4c(O)c(F)c(F)c(F)c4Cl)c(Cl)cc32)C[C@@H]1C. The minimum absolute atomic E-state index is 0.00517. The van der Waals surface area contributed by atoms with Crippen LogP contribution in [0.1, 0.15) is 50.4 Å². The Balaban J connectivity index is 1.84. The van der Waals surface area contributed by atoms with Crippen LogP contribution in [0, 0.1) is 35.7 Å². The molecule has 47 heavy (non-hydrogen) atoms. The zero-order valence-corrected chi connectivity index (χ0v) is 27.6. The minimum atomic E-state index is -1.98. The number of pyridine rings is 2. The van der Waals surface area contributed by atoms with E-state index in [1.54, 1.807) is 24.1 Å². The first-order valence-electron chi connectivity index (χ1n) is 14.7. The summed E-state index contributed by atoms with van der Waals surface area (Å²) >= 11 is 12.8. The second-order valence-corrected chi connectivity index (χ2v) is 12.6. The summed E-state index contributed by atoms with van der Waals surface area (Å²) in [4.78, 5) is 26.7. The smallest absolute Gasteiger partial charge is 0.246 e. The molecule has 4 heterocycles. The van der Waals surface area contributed by atoms with E-state index in [1.807, 2.05) is 32.6 Å². The van der Waals surface area contributed by atoms with Crippen molar-refractivity contribution in [3.63, 3.8) is 0 Å². The third-order valence-electron chi connectivity index (χ3n) is 8.40. The number of hydrogen-bond acceptors (Lipinski definition) is 8. The summed E-state index contributed by atoms with van der Waals surface area (Å²) in [6, 6.07) is 4.56. The average Bonchev–Trinajstić information content (AvgIpc) is 3.02. The van der Waals surface area contributed by atoms with Gasteiger partial charge in [0.15, 0.2) is 23.6 Å². The van der Waals surface area contributed by atoms with Gasteiger partial charge in [-0.2, -0.15) is 9.65 Å². The molecular weight excluding hydrogens is 656 g/mol. The highest BCUT2D eigenvalue weighted by Crippen LogP contribution is 2.50. The van der Waals surface area contributed by atoms with E-state index >= 15 is 0 Å². The number of carbonyl (C=O) groups is 1. The van der Waals surface area contributed by atoms with Crippen molar-refractivity contribution in [1.82, 2.24) is 19.8 Å². The minimum Gasteiger partial charge on any atom is -0.504 e. The van der Waals surface area contributed by atoms with Crippen LogP contribution in [0.3, 0.4) is 0 Å². The van der Waals surface area contributed by atoms with Crippen LogP contribution in [0.5, 0.6) is 5.75 Å². The number of phenolic OH excluding ortho intramolecular Hbond substituents is 1. The normalized spacial score (nSPS) is 19.6. The number of nitriles is 1. The molecule has 1 saturated heterocycles. The lowest BCUT2D eigenvalue weighted by Gasteiger charge is -2.48. The highest BCUT2D eigenvalue weighted by Gasteiger charge is 2.42. The predicted molar refractivity (Wildman–Crippen MR) is 173 cm³/mol. The fourth-order valence-corrected chi connectivity index (χ4v) is 6.90. The number of phenols is 1. The Kier molecular flexibility index (Phi) is 9.21. The first-order chi connectivity index (χ1) is 22.2. The predicted octanol–water partition coefficient (Wildman–Crippen LogP) is 6.82. The fraction of sp³-hybridized carbons (Fsp3) is 0.333. The summed E-state index contributed by atoms with van der Waals surface area (Å²) in [5.74, 6) is -7.36. The van der Waals surface area contributed by atoms with E-state index in [2.05, 4.69) is 22.6 Å². The van der Waals surface area contributed by atoms with E-state index in [0.717, 1.165) is 0 Å². The first kappa shape index (κ1) is 34.0. The molecule has 0 aliphatic carbocycles. The summed E-state index contributed by atoms with van der Waals surface area (Å²) in [6.45, 7) is 13.3. The maximum absolute atomic E-state index is 14.7. The third kappa shape index (κ3) is 5.46. The molecule has 3 aromatic rings. The van der Waals surface area contributed by atoms with Gasteiger partial charge in [-0.25, -0.2) is 13.8 Å². The van der Waals surface area contributed by atoms with Crippen molar-refractivity contribution in [3.05, 3.63) is 80.9 Å². The van der Waals surface area contributed by atoms with Crippen LogP contribution in [-0.4, -0.2) is 67.3 Å². The monoisotopic (exact) mass is 686 g/mol. The van der Waals surface area contributed by atoms with Gasteiger partial charge in [-0.05, 0) is 50.5 Å². The molecular formula is C33H31Cl2F3N6O3. The van der Waals surface area contributed by atoms with E-state index in [-0.39, 0.29) is 64.7 Å². The van der Waals surface area contributed by atoms with Crippen LogP contribution in [-0.2, 0) is 4.79 Å². The van der Waals surface area contributed by atoms with Crippen LogP contribution in [0.4, 0.5) is 24.7 Å². The molecule has 1 fully saturated rings. The highest BCUT2D eigenvalue weighted by molar-refractivity contribution is 6.37. The molecule has 0 bridgehead atoms. The number of amides is 1. The highest BCUT2D eigenvalue weighted by atomic mass is 35.5. The molecule has 1 amide bonds. The van der Waals surface area contributed by atoms with Crippen LogP contribution in [0.15, 0.2) is 36.6 Å². The second kappa shape index (κ2) is 12.7. The van der Waals surface area contributed by atoms with Gasteiger partial charge in [-0.1, -0.05) is 43.6 Å². The largest absolute Gasteiger partial charge is 0.504 e. The van der Waals surface area contributed by atoms with Crippen molar-refractivity contribution < 1.29 is 28.2 Å². The lowest BCUT2D eigenvalue weighted by atomic mass is 9.94. The van der Waals surface area contributed by atoms with Gasteiger partial charge in [0.1, 0.15) is 17.5 Å². The molecule has 0 radical (unpaired) electrons. The first-order valence-corrected chi connectivity index (χ1v) is 15.4. The van der Waals surface area contributed by atoms with Crippen LogP contribution in [0.2, 0.25) is 10.0 Å². The topological polar surface area (TPSA) is 117 Å². The van der Waals surface area contributed by atoms with Gasteiger partial charge in [0.05, 0.1) is 38.4 Å². The van der Waals surface area contributed by atoms with Gasteiger partial charge < -0.3 is 20.0 Å². The van der Waals surface area contributed by atoms with Crippen LogP contribution >= 0.6 is 23.2 Å². The Bertz CT molecular complexity index is 1860. The van der Waals surface area contributed by atoms with E-state index in [4.69, 9.17) is 23.2 Å². The van der Waals surface area contributed by atoms with Gasteiger partial charge in [-0.15, -0.1) is 0 Å². The van der Waals surface area contributed by atoms with Crippen molar-refractivity contribution in [3.8, 4) is 23.1 Å². The maximum Gasteiger partial charge on any atom is 0.246 e. The average molecular weight is 688 g/mol. The van der Waals surface area contributed by atoms with E-state index < -0.39 is 45.7 Å². The molecule has 2 aliphatic heterocycles. The van der Waals surface area contributed by atoms with Gasteiger partial charge in [-0.3, -0.25) is 14.7 Å². The Morgan fingerprint density at radius 3 is 2.38 bits per heavy atom. The summed E-state index contributed by atoms with van der Waals surface area (Å²) in [7, 11) is 0. The number of anilines is 2. The molecule has 1 unspecified atom stereocenters. The lowest BCUT2D eigenvalue weighted by Crippen LogP contribution is -2.58. The number of aryl methyl sites for hydroxylation is 1. The molecule has 3 atom stereocenters. The lowest BCUT2D eigenvalue weighted by molar-refractivity contribution is -0.132. The molecule has 9 nitrogen and oxygen atoms in total. The van der Waals surface area contributed by atoms with Gasteiger partial charge in [0.25, 0.3) is 0 Å². The number of hydrogen-bond donors (Lipinski definition) is 2. The van der Waals surface area contributed by atoms with Gasteiger partial charge >= 0.3 is 0 Å². The number of aliphatic hydroxyl groups excluding tert-OH is 1. The van der Waals surface area contributed by atoms with E-state index in [1.165, 1.54) is 17.0 Å². The maximum atomic E-state index is 14.7. The number of aromatic nitrogens is 2. The van der Waals surface area contributed by atoms with Crippen molar-refractivity contribution in [1.29, 1.82) is 5.26 Å². The quantitative estimate of drug-likeness (QED) is 0.171. The Morgan fingerprint density at radius 1 is 1.17 bits per heavy atom. The molecule has 14 heteroatoms. The van der Waals surface area contributed by atoms with Crippen LogP contribution in [0.25, 0.3) is 17.0 Å². The Labute approximate surface area is 279 Å². The number of carbonyl (C=O) groups excluding carboxylic acids is 1. The number of piperazine rings is 1. The van der Waals surface area contributed by atoms with E-state index in [0.29, 0.717) is 16.9 Å². The molecule has 5 rings (SSSR count). The summed E-state index contributed by atoms with van der Waals surface area (Å²) in [5.41, 5.74) is 1.00. The van der Waals surface area contributed by atoms with Crippen molar-refractivity contribution in [2.24, 2.45) is 0 Å². The summed E-state index contributed by atoms with van der Waals surface area (Å²) in [5, 5.41) is 32.0. The summed E-state index contributed by atoms with van der Waals surface area (Å²) < 4.78 is 43.5. The van der Waals surface area contributed by atoms with Crippen LogP contribution < -0.4 is 4.90 Å². The Hall–Kier alpha value is -4.31. The third-order valence-corrected chi connectivity index (χ3v) is 9.05. The number of aliphatic hydroxyl groups is 1. The number of rotatable bonds is 5. The number of nitrogens with zero attached hydrogens (tertiary/aromatic N) is 6. The molecule has 0 saturated carbocycles. The fourth-order valence-electron chi connectivity index (χ4n) is 6.39. The van der Waals surface area contributed by atoms with Crippen molar-refractivity contribution >= 4 is 46.3 Å². The molecule has 1 aromatic carbocycles.